The molecular formula is C23H26N2O4. The molecule has 6 heteroatoms. The first-order valence-corrected chi connectivity index (χ1v) is 10.3. The standard InChI is InChI=1S/C23H26N2O4/c1-2-15-14-25-12-10-16(15)13-20(25)23(29-22(28)8-7-21(26)27)18-9-11-24-19-6-4-3-5-17(18)19/h2-6,9,11,15-16,20,23H,1,7-8,10,12-14H2,(H,26,27)/t15-,16-,20-,23+/m0/s1. The Morgan fingerprint density at radius 2 is 2.14 bits per heavy atom. The van der Waals surface area contributed by atoms with Crippen molar-refractivity contribution in [1.82, 2.24) is 4.98 Å². The maximum Gasteiger partial charge on any atom is 0.307 e. The average molecular weight is 394 g/mol. The number of carboxylic acid groups (broad SMARTS) is 1. The van der Waals surface area contributed by atoms with Crippen molar-refractivity contribution in [2.75, 3.05) is 13.1 Å². The van der Waals surface area contributed by atoms with Crippen LogP contribution in [0.3, 0.4) is 0 Å². The molecule has 1 N–H and O–H groups in total. The number of carbonyl (C=O) groups excluding carboxylic acids is 2. The first kappa shape index (κ1) is 19.6. The van der Waals surface area contributed by atoms with Gasteiger partial charge < -0.3 is 19.5 Å². The summed E-state index contributed by atoms with van der Waals surface area (Å²) in [6, 6.07) is 9.90. The predicted octanol–water partition coefficient (Wildman–Crippen LogP) is 0.829. The van der Waals surface area contributed by atoms with Crippen molar-refractivity contribution in [3.63, 3.8) is 0 Å². The van der Waals surface area contributed by atoms with Crippen LogP contribution in [-0.2, 0) is 14.3 Å². The lowest BCUT2D eigenvalue weighted by molar-refractivity contribution is -0.949. The Labute approximate surface area is 170 Å². The van der Waals surface area contributed by atoms with E-state index in [0.29, 0.717) is 11.8 Å². The first-order chi connectivity index (χ1) is 14.1. The summed E-state index contributed by atoms with van der Waals surface area (Å²) in [5.41, 5.74) is 1.80. The zero-order chi connectivity index (χ0) is 20.4. The average Bonchev–Trinajstić information content (AvgIpc) is 2.76. The molecule has 6 nitrogen and oxygen atoms in total. The molecule has 3 saturated heterocycles. The van der Waals surface area contributed by atoms with Gasteiger partial charge in [0.15, 0.2) is 6.10 Å². The minimum Gasteiger partial charge on any atom is -0.550 e. The SMILES string of the molecule is C=C[C@H]1C[NH+]2CC[C@H]1C[C@H]2[C@H](OC(=O)CCC(=O)[O-])c1ccnc2ccccc12. The molecule has 1 aromatic heterocycles. The summed E-state index contributed by atoms with van der Waals surface area (Å²) in [5, 5.41) is 11.7. The molecule has 3 aliphatic rings. The van der Waals surface area contributed by atoms with Crippen LogP contribution in [-0.4, -0.2) is 36.1 Å². The molecule has 152 valence electrons. The third-order valence-corrected chi connectivity index (χ3v) is 6.47. The summed E-state index contributed by atoms with van der Waals surface area (Å²) >= 11 is 0. The number of carbonyl (C=O) groups is 2. The van der Waals surface area contributed by atoms with Gasteiger partial charge in [-0.3, -0.25) is 9.78 Å². The lowest BCUT2D eigenvalue weighted by Crippen LogP contribution is -3.20. The molecular weight excluding hydrogens is 368 g/mol. The van der Waals surface area contributed by atoms with Crippen LogP contribution < -0.4 is 10.0 Å². The van der Waals surface area contributed by atoms with E-state index in [1.807, 2.05) is 30.3 Å². The van der Waals surface area contributed by atoms with Crippen molar-refractivity contribution in [3.05, 3.63) is 54.7 Å². The molecule has 0 radical (unpaired) electrons. The van der Waals surface area contributed by atoms with E-state index in [1.165, 1.54) is 4.90 Å². The highest BCUT2D eigenvalue weighted by Crippen LogP contribution is 2.36. The van der Waals surface area contributed by atoms with Gasteiger partial charge in [-0.1, -0.05) is 24.3 Å². The van der Waals surface area contributed by atoms with Gasteiger partial charge in [-0.25, -0.2) is 0 Å². The van der Waals surface area contributed by atoms with E-state index in [9.17, 15) is 14.7 Å². The number of piperidine rings is 3. The molecule has 5 rings (SSSR count). The Hall–Kier alpha value is -2.73. The number of pyridine rings is 1. The Morgan fingerprint density at radius 3 is 2.86 bits per heavy atom. The molecule has 3 aliphatic heterocycles. The van der Waals surface area contributed by atoms with E-state index in [2.05, 4.69) is 17.6 Å². The predicted molar refractivity (Wildman–Crippen MR) is 106 cm³/mol. The molecule has 0 saturated carbocycles. The summed E-state index contributed by atoms with van der Waals surface area (Å²) in [6.07, 6.45) is 4.99. The summed E-state index contributed by atoms with van der Waals surface area (Å²) in [4.78, 5) is 29.1. The fraction of sp³-hybridized carbons (Fsp3) is 0.435. The number of carboxylic acids is 1. The van der Waals surface area contributed by atoms with Crippen LogP contribution >= 0.6 is 0 Å². The second kappa shape index (κ2) is 8.33. The van der Waals surface area contributed by atoms with E-state index in [-0.39, 0.29) is 18.9 Å². The quantitative estimate of drug-likeness (QED) is 0.556. The molecule has 0 amide bonds. The van der Waals surface area contributed by atoms with Crippen LogP contribution in [0, 0.1) is 11.8 Å². The maximum atomic E-state index is 12.5. The molecule has 1 aromatic carbocycles. The van der Waals surface area contributed by atoms with E-state index in [1.54, 1.807) is 6.20 Å². The molecule has 3 fully saturated rings. The number of rotatable bonds is 7. The maximum absolute atomic E-state index is 12.5. The molecule has 5 atom stereocenters. The smallest absolute Gasteiger partial charge is 0.307 e. The van der Waals surface area contributed by atoms with Crippen molar-refractivity contribution in [3.8, 4) is 0 Å². The van der Waals surface area contributed by atoms with Crippen molar-refractivity contribution >= 4 is 22.8 Å². The zero-order valence-corrected chi connectivity index (χ0v) is 16.4. The lowest BCUT2D eigenvalue weighted by atomic mass is 9.73. The number of nitrogens with one attached hydrogen (secondary N) is 1. The van der Waals surface area contributed by atoms with Gasteiger partial charge in [-0.15, -0.1) is 6.58 Å². The Balaban J connectivity index is 1.67. The minimum absolute atomic E-state index is 0.141. The van der Waals surface area contributed by atoms with Gasteiger partial charge in [0.2, 0.25) is 0 Å². The van der Waals surface area contributed by atoms with Crippen LogP contribution in [0.1, 0.15) is 37.4 Å². The number of quaternary nitrogens is 1. The van der Waals surface area contributed by atoms with Crippen LogP contribution in [0.15, 0.2) is 49.2 Å². The number of para-hydroxylation sites is 1. The number of ether oxygens (including phenoxy) is 1. The van der Waals surface area contributed by atoms with E-state index >= 15 is 0 Å². The Bertz CT molecular complexity index is 923. The first-order valence-electron chi connectivity index (χ1n) is 10.3. The number of hydrogen-bond acceptors (Lipinski definition) is 5. The second-order valence-electron chi connectivity index (χ2n) is 8.10. The van der Waals surface area contributed by atoms with Crippen LogP contribution in [0.5, 0.6) is 0 Å². The fourth-order valence-electron chi connectivity index (χ4n) is 5.03. The minimum atomic E-state index is -1.24. The molecule has 2 aromatic rings. The highest BCUT2D eigenvalue weighted by molar-refractivity contribution is 5.83. The normalized spacial score (nSPS) is 26.8. The Morgan fingerprint density at radius 1 is 1.31 bits per heavy atom. The van der Waals surface area contributed by atoms with E-state index in [4.69, 9.17) is 4.74 Å². The third kappa shape index (κ3) is 4.03. The number of aromatic nitrogens is 1. The van der Waals surface area contributed by atoms with Gasteiger partial charge >= 0.3 is 5.97 Å². The monoisotopic (exact) mass is 394 g/mol. The summed E-state index contributed by atoms with van der Waals surface area (Å²) in [7, 11) is 0. The van der Waals surface area contributed by atoms with Gasteiger partial charge in [0, 0.05) is 41.9 Å². The van der Waals surface area contributed by atoms with Crippen molar-refractivity contribution in [1.29, 1.82) is 0 Å². The number of esters is 1. The fourth-order valence-corrected chi connectivity index (χ4v) is 5.03. The summed E-state index contributed by atoms with van der Waals surface area (Å²) in [5.74, 6) is -0.693. The number of nitrogens with zero attached hydrogens (tertiary/aromatic N) is 1. The van der Waals surface area contributed by atoms with Crippen LogP contribution in [0.2, 0.25) is 0 Å². The number of benzene rings is 1. The number of aliphatic carboxylic acids is 1. The largest absolute Gasteiger partial charge is 0.550 e. The van der Waals surface area contributed by atoms with Gasteiger partial charge in [-0.05, 0) is 24.5 Å². The number of hydrogen-bond donors (Lipinski definition) is 1. The molecule has 4 heterocycles. The zero-order valence-electron chi connectivity index (χ0n) is 16.4. The molecule has 1 unspecified atom stereocenters. The van der Waals surface area contributed by atoms with Crippen molar-refractivity contribution in [2.45, 2.75) is 37.8 Å². The van der Waals surface area contributed by atoms with Crippen LogP contribution in [0.4, 0.5) is 0 Å². The van der Waals surface area contributed by atoms with Gasteiger partial charge in [0.05, 0.1) is 25.0 Å². The third-order valence-electron chi connectivity index (χ3n) is 6.47. The highest BCUT2D eigenvalue weighted by Gasteiger charge is 2.47. The van der Waals surface area contributed by atoms with Gasteiger partial charge in [-0.2, -0.15) is 0 Å². The van der Waals surface area contributed by atoms with E-state index in [0.717, 1.165) is 42.4 Å². The Kier molecular flexibility index (Phi) is 5.62. The second-order valence-corrected chi connectivity index (χ2v) is 8.10. The molecule has 2 bridgehead atoms. The highest BCUT2D eigenvalue weighted by atomic mass is 16.5. The lowest BCUT2D eigenvalue weighted by Gasteiger charge is -2.48. The number of fused-ring (bicyclic) bond motifs is 4. The molecule has 0 aliphatic carbocycles. The summed E-state index contributed by atoms with van der Waals surface area (Å²) in [6.45, 7) is 6.04. The molecule has 0 spiro atoms. The van der Waals surface area contributed by atoms with Crippen molar-refractivity contribution in [2.24, 2.45) is 11.8 Å². The van der Waals surface area contributed by atoms with Crippen LogP contribution in [0.25, 0.3) is 10.9 Å². The van der Waals surface area contributed by atoms with E-state index < -0.39 is 18.0 Å². The van der Waals surface area contributed by atoms with Gasteiger partial charge in [0.25, 0.3) is 0 Å². The van der Waals surface area contributed by atoms with Crippen molar-refractivity contribution < 1.29 is 24.3 Å². The summed E-state index contributed by atoms with van der Waals surface area (Å²) < 4.78 is 5.95. The van der Waals surface area contributed by atoms with Gasteiger partial charge in [0.1, 0.15) is 6.04 Å². The molecule has 29 heavy (non-hydrogen) atoms. The topological polar surface area (TPSA) is 83.8 Å².